The number of nitrogens with zero attached hydrogens (tertiary/aromatic N) is 3. The highest BCUT2D eigenvalue weighted by Gasteiger charge is 2.45. The summed E-state index contributed by atoms with van der Waals surface area (Å²) in [6, 6.07) is 5.84. The molecule has 1 heterocycles. The molecule has 1 atom stereocenters. The van der Waals surface area contributed by atoms with Gasteiger partial charge in [-0.15, -0.1) is 0 Å². The third-order valence-corrected chi connectivity index (χ3v) is 4.28. The summed E-state index contributed by atoms with van der Waals surface area (Å²) in [6.45, 7) is 1.63. The van der Waals surface area contributed by atoms with E-state index in [0.29, 0.717) is 4.90 Å². The molecule has 0 saturated heterocycles. The molecular formula is C16H13F4N3S. The quantitative estimate of drug-likeness (QED) is 0.574. The van der Waals surface area contributed by atoms with Crippen LogP contribution in [0, 0.1) is 17.1 Å². The van der Waals surface area contributed by atoms with Crippen molar-refractivity contribution >= 4 is 11.9 Å². The van der Waals surface area contributed by atoms with Crippen molar-refractivity contribution < 1.29 is 17.6 Å². The minimum Gasteiger partial charge on any atom is -0.262 e. The molecule has 0 N–H and O–H groups in total. The highest BCUT2D eigenvalue weighted by atomic mass is 32.2. The van der Waals surface area contributed by atoms with Crippen molar-refractivity contribution in [2.24, 2.45) is 0 Å². The Morgan fingerprint density at radius 1 is 1.29 bits per heavy atom. The minimum absolute atomic E-state index is 0.0577. The average molecular weight is 355 g/mol. The van der Waals surface area contributed by atoms with Gasteiger partial charge in [0.05, 0.1) is 5.56 Å². The molecule has 24 heavy (non-hydrogen) atoms. The van der Waals surface area contributed by atoms with Gasteiger partial charge >= 0.3 is 6.18 Å². The molecule has 2 aromatic rings. The van der Waals surface area contributed by atoms with Crippen molar-refractivity contribution in [3.05, 3.63) is 59.7 Å². The molecular weight excluding hydrogens is 342 g/mol. The second-order valence-corrected chi connectivity index (χ2v) is 5.97. The predicted molar refractivity (Wildman–Crippen MR) is 82.4 cm³/mol. The van der Waals surface area contributed by atoms with Crippen LogP contribution in [0.4, 0.5) is 17.6 Å². The van der Waals surface area contributed by atoms with Crippen LogP contribution in [-0.4, -0.2) is 22.0 Å². The molecule has 1 aromatic heterocycles. The number of hydrogen-bond acceptors (Lipinski definition) is 4. The highest BCUT2D eigenvalue weighted by molar-refractivity contribution is 7.97. The smallest absolute Gasteiger partial charge is 0.262 e. The maximum absolute atomic E-state index is 13.6. The number of pyridine rings is 1. The minimum atomic E-state index is -4.59. The Labute approximate surface area is 141 Å². The summed E-state index contributed by atoms with van der Waals surface area (Å²) in [5.41, 5.74) is 0.0756. The van der Waals surface area contributed by atoms with Crippen molar-refractivity contribution in [3.8, 4) is 6.07 Å². The van der Waals surface area contributed by atoms with Gasteiger partial charge in [-0.3, -0.25) is 4.98 Å². The van der Waals surface area contributed by atoms with Gasteiger partial charge in [0.15, 0.2) is 0 Å². The summed E-state index contributed by atoms with van der Waals surface area (Å²) < 4.78 is 55.2. The molecule has 0 amide bonds. The molecule has 0 fully saturated rings. The summed E-state index contributed by atoms with van der Waals surface area (Å²) in [5.74, 6) is -0.726. The van der Waals surface area contributed by atoms with E-state index in [1.807, 2.05) is 6.07 Å². The fraction of sp³-hybridized carbons (Fsp3) is 0.250. The fourth-order valence-electron chi connectivity index (χ4n) is 2.16. The summed E-state index contributed by atoms with van der Waals surface area (Å²) in [6.07, 6.45) is -1.88. The van der Waals surface area contributed by atoms with Gasteiger partial charge in [0, 0.05) is 23.8 Å². The van der Waals surface area contributed by atoms with Crippen molar-refractivity contribution in [1.82, 2.24) is 9.29 Å². The molecule has 0 aliphatic carbocycles. The molecule has 1 aromatic carbocycles. The zero-order valence-corrected chi connectivity index (χ0v) is 13.4. The summed E-state index contributed by atoms with van der Waals surface area (Å²) in [5, 5.41) is 8.87. The van der Waals surface area contributed by atoms with Gasteiger partial charge in [0.2, 0.25) is 0 Å². The molecule has 2 rings (SSSR count). The van der Waals surface area contributed by atoms with Gasteiger partial charge in [-0.2, -0.15) is 18.4 Å². The average Bonchev–Trinajstić information content (AvgIpc) is 2.53. The van der Waals surface area contributed by atoms with E-state index in [2.05, 4.69) is 4.98 Å². The Hall–Kier alpha value is -2.11. The van der Waals surface area contributed by atoms with Crippen LogP contribution in [0.2, 0.25) is 0 Å². The van der Waals surface area contributed by atoms with Crippen LogP contribution in [0.25, 0.3) is 0 Å². The molecule has 0 radical (unpaired) electrons. The lowest BCUT2D eigenvalue weighted by molar-refractivity contribution is -0.172. The zero-order valence-electron chi connectivity index (χ0n) is 12.6. The maximum atomic E-state index is 13.6. The molecule has 0 aliphatic heterocycles. The first-order valence-corrected chi connectivity index (χ1v) is 7.74. The van der Waals surface area contributed by atoms with Gasteiger partial charge in [-0.05, 0) is 35.7 Å². The van der Waals surface area contributed by atoms with E-state index < -0.39 is 18.0 Å². The standard InChI is InChI=1S/C16H13F4N3S/c1-2-23(24-14-6-11(8-21)9-22-10-14)15(16(18,19)20)12-4-3-5-13(17)7-12/h3-7,9-10,15H,2H2,1H3. The molecule has 0 saturated carbocycles. The van der Waals surface area contributed by atoms with Crippen LogP contribution >= 0.6 is 11.9 Å². The fourth-order valence-corrected chi connectivity index (χ4v) is 3.19. The van der Waals surface area contributed by atoms with Crippen molar-refractivity contribution in [2.45, 2.75) is 24.0 Å². The van der Waals surface area contributed by atoms with E-state index in [4.69, 9.17) is 5.26 Å². The third kappa shape index (κ3) is 4.46. The third-order valence-electron chi connectivity index (χ3n) is 3.14. The number of halogens is 4. The first kappa shape index (κ1) is 18.2. The van der Waals surface area contributed by atoms with E-state index >= 15 is 0 Å². The lowest BCUT2D eigenvalue weighted by atomic mass is 10.1. The van der Waals surface area contributed by atoms with Gasteiger partial charge in [0.1, 0.15) is 17.9 Å². The Bertz CT molecular complexity index is 743. The lowest BCUT2D eigenvalue weighted by Crippen LogP contribution is -2.34. The normalized spacial score (nSPS) is 12.9. The molecule has 1 unspecified atom stereocenters. The van der Waals surface area contributed by atoms with E-state index in [-0.39, 0.29) is 17.7 Å². The zero-order chi connectivity index (χ0) is 17.7. The van der Waals surface area contributed by atoms with Crippen LogP contribution in [0.5, 0.6) is 0 Å². The molecule has 3 nitrogen and oxygen atoms in total. The number of hydrogen-bond donors (Lipinski definition) is 0. The van der Waals surface area contributed by atoms with E-state index in [1.54, 1.807) is 6.92 Å². The molecule has 8 heteroatoms. The van der Waals surface area contributed by atoms with Crippen LogP contribution in [0.15, 0.2) is 47.6 Å². The van der Waals surface area contributed by atoms with Crippen LogP contribution < -0.4 is 0 Å². The van der Waals surface area contributed by atoms with Crippen molar-refractivity contribution in [1.29, 1.82) is 5.26 Å². The lowest BCUT2D eigenvalue weighted by Gasteiger charge is -2.31. The topological polar surface area (TPSA) is 39.9 Å². The second-order valence-electron chi connectivity index (χ2n) is 4.84. The number of aromatic nitrogens is 1. The first-order valence-electron chi connectivity index (χ1n) is 6.97. The first-order chi connectivity index (χ1) is 11.3. The molecule has 0 aliphatic rings. The van der Waals surface area contributed by atoms with Gasteiger partial charge in [-0.25, -0.2) is 8.70 Å². The van der Waals surface area contributed by atoms with Gasteiger partial charge < -0.3 is 0 Å². The van der Waals surface area contributed by atoms with E-state index in [0.717, 1.165) is 28.4 Å². The summed E-state index contributed by atoms with van der Waals surface area (Å²) in [7, 11) is 0. The maximum Gasteiger partial charge on any atom is 0.408 e. The van der Waals surface area contributed by atoms with Crippen molar-refractivity contribution in [3.63, 3.8) is 0 Å². The Kier molecular flexibility index (Phi) is 5.80. The Balaban J connectivity index is 2.37. The number of benzene rings is 1. The van der Waals surface area contributed by atoms with E-state index in [9.17, 15) is 17.6 Å². The van der Waals surface area contributed by atoms with E-state index in [1.165, 1.54) is 30.6 Å². The number of nitriles is 1. The SMILES string of the molecule is CCN(Sc1cncc(C#N)c1)C(c1cccc(F)c1)C(F)(F)F. The Morgan fingerprint density at radius 2 is 2.04 bits per heavy atom. The molecule has 0 spiro atoms. The van der Waals surface area contributed by atoms with Gasteiger partial charge in [-0.1, -0.05) is 19.1 Å². The van der Waals surface area contributed by atoms with Crippen LogP contribution in [-0.2, 0) is 0 Å². The number of rotatable bonds is 5. The second kappa shape index (κ2) is 7.64. The summed E-state index contributed by atoms with van der Waals surface area (Å²) >= 11 is 0.831. The monoisotopic (exact) mass is 355 g/mol. The predicted octanol–water partition coefficient (Wildman–Crippen LogP) is 4.72. The van der Waals surface area contributed by atoms with Crippen LogP contribution in [0.1, 0.15) is 24.1 Å². The Morgan fingerprint density at radius 3 is 2.62 bits per heavy atom. The largest absolute Gasteiger partial charge is 0.408 e. The molecule has 126 valence electrons. The number of alkyl halides is 3. The molecule has 0 bridgehead atoms. The highest BCUT2D eigenvalue weighted by Crippen LogP contribution is 2.42. The summed E-state index contributed by atoms with van der Waals surface area (Å²) in [4.78, 5) is 4.24. The van der Waals surface area contributed by atoms with Crippen LogP contribution in [0.3, 0.4) is 0 Å². The van der Waals surface area contributed by atoms with Crippen molar-refractivity contribution in [2.75, 3.05) is 6.54 Å². The van der Waals surface area contributed by atoms with Gasteiger partial charge in [0.25, 0.3) is 0 Å².